The molecule has 0 aromatic heterocycles. The number of hydrogen-bond acceptors (Lipinski definition) is 4. The summed E-state index contributed by atoms with van der Waals surface area (Å²) in [5, 5.41) is 0. The van der Waals surface area contributed by atoms with E-state index >= 15 is 0 Å². The third-order valence-electron chi connectivity index (χ3n) is 2.83. The minimum Gasteiger partial charge on any atom is -0.496 e. The lowest BCUT2D eigenvalue weighted by Gasteiger charge is -2.07. The number of hydrogen-bond donors (Lipinski definition) is 0. The van der Waals surface area contributed by atoms with Gasteiger partial charge in [0.1, 0.15) is 11.5 Å². The summed E-state index contributed by atoms with van der Waals surface area (Å²) in [6.07, 6.45) is 3.24. The second kappa shape index (κ2) is 7.90. The number of carbonyl (C=O) groups is 1. The fraction of sp³-hybridized carbons (Fsp3) is 0.500. The van der Waals surface area contributed by atoms with Gasteiger partial charge >= 0.3 is 13.3 Å². The van der Waals surface area contributed by atoms with Crippen LogP contribution >= 0.6 is 7.80 Å². The Morgan fingerprint density at radius 3 is 2.21 bits per heavy atom. The molecule has 1 unspecified atom stereocenters. The molecule has 0 fully saturated rings. The predicted molar refractivity (Wildman–Crippen MR) is 75.9 cm³/mol. The van der Waals surface area contributed by atoms with Crippen LogP contribution in [-0.2, 0) is 4.57 Å². The summed E-state index contributed by atoms with van der Waals surface area (Å²) in [6.45, 7) is 2.07. The fourth-order valence-electron chi connectivity index (χ4n) is 1.79. The van der Waals surface area contributed by atoms with Gasteiger partial charge in [0.05, 0.1) is 14.2 Å². The zero-order valence-electron chi connectivity index (χ0n) is 11.6. The zero-order valence-corrected chi connectivity index (χ0v) is 12.5. The van der Waals surface area contributed by atoms with Crippen LogP contribution in [-0.4, -0.2) is 25.9 Å². The maximum absolute atomic E-state index is 12.3. The van der Waals surface area contributed by atoms with Crippen molar-refractivity contribution in [1.29, 1.82) is 0 Å². The SMILES string of the molecule is CCCCC[P+](=O)C(=O)c1c(OC)cccc1OC. The van der Waals surface area contributed by atoms with Crippen LogP contribution in [0.1, 0.15) is 36.5 Å². The largest absolute Gasteiger partial charge is 0.496 e. The summed E-state index contributed by atoms with van der Waals surface area (Å²) in [4.78, 5) is 12.3. The Morgan fingerprint density at radius 1 is 1.16 bits per heavy atom. The molecule has 1 rings (SSSR count). The first-order valence-corrected chi connectivity index (χ1v) is 7.80. The van der Waals surface area contributed by atoms with Crippen LogP contribution in [0.3, 0.4) is 0 Å². The van der Waals surface area contributed by atoms with E-state index in [-0.39, 0.29) is 11.1 Å². The van der Waals surface area contributed by atoms with Gasteiger partial charge in [-0.1, -0.05) is 24.0 Å². The van der Waals surface area contributed by atoms with E-state index in [2.05, 4.69) is 6.92 Å². The molecule has 0 N–H and O–H groups in total. The number of carbonyl (C=O) groups excluding carboxylic acids is 1. The van der Waals surface area contributed by atoms with E-state index in [0.717, 1.165) is 19.3 Å². The Labute approximate surface area is 114 Å². The van der Waals surface area contributed by atoms with Gasteiger partial charge in [-0.15, -0.1) is 0 Å². The van der Waals surface area contributed by atoms with E-state index in [1.807, 2.05) is 0 Å². The summed E-state index contributed by atoms with van der Waals surface area (Å²) in [7, 11) is 1.04. The van der Waals surface area contributed by atoms with Gasteiger partial charge in [0.15, 0.2) is 11.7 Å². The molecule has 0 amide bonds. The van der Waals surface area contributed by atoms with E-state index in [1.54, 1.807) is 18.2 Å². The molecular formula is C14H20O4P+. The number of rotatable bonds is 8. The number of benzene rings is 1. The standard InChI is InChI=1S/C14H20O4P/c1-4-5-6-10-19(16)14(15)13-11(17-2)8-7-9-12(13)18-3/h7-9H,4-6,10H2,1-3H3/q+1. The fourth-order valence-corrected chi connectivity index (χ4v) is 2.98. The third kappa shape index (κ3) is 4.03. The van der Waals surface area contributed by atoms with Crippen molar-refractivity contribution in [2.45, 2.75) is 26.2 Å². The van der Waals surface area contributed by atoms with Gasteiger partial charge in [-0.25, -0.2) is 4.79 Å². The molecule has 0 spiro atoms. The van der Waals surface area contributed by atoms with E-state index < -0.39 is 7.80 Å². The normalized spacial score (nSPS) is 11.0. The summed E-state index contributed by atoms with van der Waals surface area (Å²) in [6, 6.07) is 5.08. The lowest BCUT2D eigenvalue weighted by atomic mass is 10.2. The van der Waals surface area contributed by atoms with Gasteiger partial charge in [-0.3, -0.25) is 0 Å². The Bertz CT molecular complexity index is 435. The molecule has 1 atom stereocenters. The molecular weight excluding hydrogens is 263 g/mol. The first-order chi connectivity index (χ1) is 9.15. The average molecular weight is 283 g/mol. The summed E-state index contributed by atoms with van der Waals surface area (Å²) < 4.78 is 22.4. The van der Waals surface area contributed by atoms with Crippen molar-refractivity contribution in [3.05, 3.63) is 23.8 Å². The molecule has 1 aromatic carbocycles. The van der Waals surface area contributed by atoms with Crippen molar-refractivity contribution in [3.63, 3.8) is 0 Å². The molecule has 0 radical (unpaired) electrons. The van der Waals surface area contributed by atoms with Crippen molar-refractivity contribution in [3.8, 4) is 11.5 Å². The molecule has 0 saturated carbocycles. The van der Waals surface area contributed by atoms with Gasteiger partial charge in [-0.05, 0) is 25.0 Å². The first-order valence-electron chi connectivity index (χ1n) is 6.35. The highest BCUT2D eigenvalue weighted by Crippen LogP contribution is 2.37. The van der Waals surface area contributed by atoms with Crippen LogP contribution in [0.25, 0.3) is 0 Å². The lowest BCUT2D eigenvalue weighted by molar-refractivity contribution is 0.107. The lowest BCUT2D eigenvalue weighted by Crippen LogP contribution is -2.02. The first kappa shape index (κ1) is 15.6. The van der Waals surface area contributed by atoms with Crippen LogP contribution in [0, 0.1) is 0 Å². The smallest absolute Gasteiger partial charge is 0.420 e. The Hall–Kier alpha value is -1.41. The molecule has 0 aliphatic carbocycles. The van der Waals surface area contributed by atoms with Crippen molar-refractivity contribution in [2.24, 2.45) is 0 Å². The van der Waals surface area contributed by atoms with Gasteiger partial charge in [0.25, 0.3) is 0 Å². The van der Waals surface area contributed by atoms with Crippen LogP contribution in [0.2, 0.25) is 0 Å². The maximum Gasteiger partial charge on any atom is 0.420 e. The minimum absolute atomic E-state index is 0.283. The Morgan fingerprint density at radius 2 is 1.74 bits per heavy atom. The van der Waals surface area contributed by atoms with E-state index in [9.17, 15) is 9.36 Å². The highest BCUT2D eigenvalue weighted by Gasteiger charge is 2.34. The second-order valence-corrected chi connectivity index (χ2v) is 5.76. The minimum atomic E-state index is -1.92. The molecule has 0 aliphatic heterocycles. The highest BCUT2D eigenvalue weighted by atomic mass is 31.1. The molecule has 4 nitrogen and oxygen atoms in total. The summed E-state index contributed by atoms with van der Waals surface area (Å²) in [5.41, 5.74) is -0.106. The van der Waals surface area contributed by atoms with Gasteiger partial charge in [0, 0.05) is 0 Å². The van der Waals surface area contributed by atoms with Crippen molar-refractivity contribution < 1.29 is 18.8 Å². The number of unbranched alkanes of at least 4 members (excludes halogenated alkanes) is 2. The topological polar surface area (TPSA) is 52.6 Å². The molecule has 0 heterocycles. The van der Waals surface area contributed by atoms with Gasteiger partial charge < -0.3 is 9.47 Å². The molecule has 0 aliphatic rings. The number of ether oxygens (including phenoxy) is 2. The van der Waals surface area contributed by atoms with Crippen LogP contribution < -0.4 is 9.47 Å². The Kier molecular flexibility index (Phi) is 6.51. The van der Waals surface area contributed by atoms with E-state index in [1.165, 1.54) is 14.2 Å². The van der Waals surface area contributed by atoms with Crippen LogP contribution in [0.4, 0.5) is 0 Å². The highest BCUT2D eigenvalue weighted by molar-refractivity contribution is 7.64. The maximum atomic E-state index is 12.3. The average Bonchev–Trinajstić information content (AvgIpc) is 2.45. The third-order valence-corrected chi connectivity index (χ3v) is 4.23. The van der Waals surface area contributed by atoms with E-state index in [4.69, 9.17) is 9.47 Å². The number of methoxy groups -OCH3 is 2. The quantitative estimate of drug-likeness (QED) is 0.537. The van der Waals surface area contributed by atoms with Crippen LogP contribution in [0.15, 0.2) is 18.2 Å². The molecule has 5 heteroatoms. The molecule has 1 aromatic rings. The van der Waals surface area contributed by atoms with Crippen LogP contribution in [0.5, 0.6) is 11.5 Å². The van der Waals surface area contributed by atoms with Gasteiger partial charge in [-0.2, -0.15) is 0 Å². The molecule has 104 valence electrons. The molecule has 0 saturated heterocycles. The predicted octanol–water partition coefficient (Wildman–Crippen LogP) is 3.86. The van der Waals surface area contributed by atoms with Crippen molar-refractivity contribution in [1.82, 2.24) is 0 Å². The molecule has 0 bridgehead atoms. The van der Waals surface area contributed by atoms with Gasteiger partial charge in [0.2, 0.25) is 0 Å². The van der Waals surface area contributed by atoms with E-state index in [0.29, 0.717) is 17.7 Å². The van der Waals surface area contributed by atoms with Crippen molar-refractivity contribution in [2.75, 3.05) is 20.4 Å². The second-order valence-electron chi connectivity index (χ2n) is 4.15. The zero-order chi connectivity index (χ0) is 14.3. The summed E-state index contributed by atoms with van der Waals surface area (Å²) in [5.74, 6) is 0.811. The molecule has 19 heavy (non-hydrogen) atoms. The summed E-state index contributed by atoms with van der Waals surface area (Å²) >= 11 is 0. The Balaban J connectivity index is 2.94. The monoisotopic (exact) mass is 283 g/mol. The van der Waals surface area contributed by atoms with Crippen molar-refractivity contribution >= 4 is 13.3 Å².